The molecule has 1 saturated carbocycles. The van der Waals surface area contributed by atoms with Gasteiger partial charge >= 0.3 is 6.03 Å². The molecule has 1 aliphatic carbocycles. The number of benzene rings is 1. The minimum absolute atomic E-state index is 0.0555. The summed E-state index contributed by atoms with van der Waals surface area (Å²) in [6.07, 6.45) is 4.03. The molecule has 1 aliphatic heterocycles. The molecular formula is C20H20N6O. The first kappa shape index (κ1) is 16.0. The van der Waals surface area contributed by atoms with E-state index in [1.807, 2.05) is 48.0 Å². The van der Waals surface area contributed by atoms with Crippen LogP contribution in [0.4, 0.5) is 10.5 Å². The van der Waals surface area contributed by atoms with Gasteiger partial charge in [0.2, 0.25) is 0 Å². The molecule has 3 heterocycles. The van der Waals surface area contributed by atoms with Crippen LogP contribution in [0.5, 0.6) is 0 Å². The summed E-state index contributed by atoms with van der Waals surface area (Å²) >= 11 is 0. The minimum atomic E-state index is -0.0555. The van der Waals surface area contributed by atoms with Crippen molar-refractivity contribution in [3.8, 4) is 17.2 Å². The van der Waals surface area contributed by atoms with Crippen LogP contribution in [-0.4, -0.2) is 38.9 Å². The highest BCUT2D eigenvalue weighted by atomic mass is 16.2. The SMILES string of the molecule is Cc1ccc(-c2nc(C3CC3)nn2-c2ccccn2)cc1N1CCNC1=O. The van der Waals surface area contributed by atoms with Crippen molar-refractivity contribution in [2.24, 2.45) is 0 Å². The zero-order chi connectivity index (χ0) is 18.4. The van der Waals surface area contributed by atoms with E-state index < -0.39 is 0 Å². The van der Waals surface area contributed by atoms with Crippen molar-refractivity contribution in [3.63, 3.8) is 0 Å². The third-order valence-electron chi connectivity index (χ3n) is 5.05. The third-order valence-corrected chi connectivity index (χ3v) is 5.05. The van der Waals surface area contributed by atoms with Crippen molar-refractivity contribution in [3.05, 3.63) is 54.0 Å². The van der Waals surface area contributed by atoms with Crippen molar-refractivity contribution in [1.29, 1.82) is 0 Å². The van der Waals surface area contributed by atoms with E-state index in [-0.39, 0.29) is 6.03 Å². The van der Waals surface area contributed by atoms with Crippen LogP contribution in [0, 0.1) is 6.92 Å². The molecule has 2 amide bonds. The normalized spacial score (nSPS) is 16.6. The molecule has 1 N–H and O–H groups in total. The highest BCUT2D eigenvalue weighted by Gasteiger charge is 2.30. The van der Waals surface area contributed by atoms with E-state index in [9.17, 15) is 4.79 Å². The predicted octanol–water partition coefficient (Wildman–Crippen LogP) is 3.04. The van der Waals surface area contributed by atoms with Crippen molar-refractivity contribution in [2.45, 2.75) is 25.7 Å². The number of anilines is 1. The molecule has 136 valence electrons. The summed E-state index contributed by atoms with van der Waals surface area (Å²) in [6.45, 7) is 3.35. The fourth-order valence-electron chi connectivity index (χ4n) is 3.41. The number of aromatic nitrogens is 4. The molecule has 0 bridgehead atoms. The molecule has 0 atom stereocenters. The molecule has 27 heavy (non-hydrogen) atoms. The topological polar surface area (TPSA) is 75.9 Å². The number of nitrogens with zero attached hydrogens (tertiary/aromatic N) is 5. The summed E-state index contributed by atoms with van der Waals surface area (Å²) in [5.41, 5.74) is 2.90. The Kier molecular flexibility index (Phi) is 3.67. The minimum Gasteiger partial charge on any atom is -0.336 e. The predicted molar refractivity (Wildman–Crippen MR) is 102 cm³/mol. The largest absolute Gasteiger partial charge is 0.336 e. The van der Waals surface area contributed by atoms with Crippen LogP contribution < -0.4 is 10.2 Å². The lowest BCUT2D eigenvalue weighted by Gasteiger charge is -2.18. The van der Waals surface area contributed by atoms with Gasteiger partial charge in [0, 0.05) is 36.5 Å². The first-order valence-corrected chi connectivity index (χ1v) is 9.25. The van der Waals surface area contributed by atoms with Gasteiger partial charge in [-0.05, 0) is 43.5 Å². The highest BCUT2D eigenvalue weighted by Crippen LogP contribution is 2.39. The zero-order valence-electron chi connectivity index (χ0n) is 15.1. The van der Waals surface area contributed by atoms with Crippen LogP contribution in [0.25, 0.3) is 17.2 Å². The lowest BCUT2D eigenvalue weighted by molar-refractivity contribution is 0.252. The third kappa shape index (κ3) is 2.85. The average molecular weight is 360 g/mol. The number of carbonyl (C=O) groups is 1. The lowest BCUT2D eigenvalue weighted by atomic mass is 10.1. The first-order valence-electron chi connectivity index (χ1n) is 9.25. The van der Waals surface area contributed by atoms with E-state index in [1.165, 1.54) is 0 Å². The second-order valence-electron chi connectivity index (χ2n) is 7.05. The molecule has 0 unspecified atom stereocenters. The zero-order valence-corrected chi connectivity index (χ0v) is 15.1. The smallest absolute Gasteiger partial charge is 0.322 e. The van der Waals surface area contributed by atoms with E-state index in [0.29, 0.717) is 19.0 Å². The van der Waals surface area contributed by atoms with E-state index in [4.69, 9.17) is 10.1 Å². The molecule has 1 aromatic carbocycles. The maximum absolute atomic E-state index is 12.1. The van der Waals surface area contributed by atoms with Gasteiger partial charge in [-0.1, -0.05) is 18.2 Å². The maximum Gasteiger partial charge on any atom is 0.322 e. The molecule has 3 aromatic rings. The molecule has 0 spiro atoms. The number of pyridine rings is 1. The van der Waals surface area contributed by atoms with Gasteiger partial charge in [-0.15, -0.1) is 5.10 Å². The Balaban J connectivity index is 1.63. The molecule has 7 nitrogen and oxygen atoms in total. The summed E-state index contributed by atoms with van der Waals surface area (Å²) in [5, 5.41) is 7.60. The quantitative estimate of drug-likeness (QED) is 0.776. The molecule has 5 rings (SSSR count). The van der Waals surface area contributed by atoms with Gasteiger partial charge in [-0.3, -0.25) is 4.90 Å². The van der Waals surface area contributed by atoms with Gasteiger partial charge in [0.05, 0.1) is 0 Å². The van der Waals surface area contributed by atoms with Crippen LogP contribution in [0.1, 0.15) is 30.1 Å². The van der Waals surface area contributed by atoms with E-state index in [1.54, 1.807) is 11.1 Å². The van der Waals surface area contributed by atoms with Crippen molar-refractivity contribution in [1.82, 2.24) is 25.1 Å². The van der Waals surface area contributed by atoms with Crippen LogP contribution in [0.3, 0.4) is 0 Å². The lowest BCUT2D eigenvalue weighted by Crippen LogP contribution is -2.28. The van der Waals surface area contributed by atoms with E-state index in [2.05, 4.69) is 10.3 Å². The molecule has 7 heteroatoms. The standard InChI is InChI=1S/C20H20N6O/c1-13-5-6-15(12-16(13)25-11-10-22-20(25)27)19-23-18(14-7-8-14)24-26(19)17-4-2-3-9-21-17/h2-6,9,12,14H,7-8,10-11H2,1H3,(H,22,27). The molecule has 2 fully saturated rings. The number of rotatable bonds is 4. The van der Waals surface area contributed by atoms with Gasteiger partial charge in [-0.25, -0.2) is 14.8 Å². The van der Waals surface area contributed by atoms with Gasteiger partial charge in [-0.2, -0.15) is 4.68 Å². The molecule has 0 radical (unpaired) electrons. The number of hydrogen-bond acceptors (Lipinski definition) is 4. The maximum atomic E-state index is 12.1. The Bertz CT molecular complexity index is 1010. The summed E-state index contributed by atoms with van der Waals surface area (Å²) in [4.78, 5) is 23.2. The summed E-state index contributed by atoms with van der Waals surface area (Å²) < 4.78 is 1.81. The van der Waals surface area contributed by atoms with Gasteiger partial charge in [0.15, 0.2) is 17.5 Å². The van der Waals surface area contributed by atoms with Crippen LogP contribution in [-0.2, 0) is 0 Å². The van der Waals surface area contributed by atoms with Gasteiger partial charge in [0.25, 0.3) is 0 Å². The van der Waals surface area contributed by atoms with Crippen molar-refractivity contribution < 1.29 is 4.79 Å². The van der Waals surface area contributed by atoms with Crippen molar-refractivity contribution in [2.75, 3.05) is 18.0 Å². The Morgan fingerprint density at radius 3 is 2.78 bits per heavy atom. The van der Waals surface area contributed by atoms with Gasteiger partial charge in [0.1, 0.15) is 0 Å². The fourth-order valence-corrected chi connectivity index (χ4v) is 3.41. The number of carbonyl (C=O) groups excluding carboxylic acids is 1. The van der Waals surface area contributed by atoms with Gasteiger partial charge < -0.3 is 5.32 Å². The van der Waals surface area contributed by atoms with Crippen LogP contribution in [0.2, 0.25) is 0 Å². The Labute approximate surface area is 157 Å². The number of aryl methyl sites for hydroxylation is 1. The second-order valence-corrected chi connectivity index (χ2v) is 7.05. The highest BCUT2D eigenvalue weighted by molar-refractivity contribution is 5.95. The van der Waals surface area contributed by atoms with Crippen LogP contribution in [0.15, 0.2) is 42.6 Å². The Morgan fingerprint density at radius 1 is 1.19 bits per heavy atom. The van der Waals surface area contributed by atoms with E-state index in [0.717, 1.165) is 47.1 Å². The molecular weight excluding hydrogens is 340 g/mol. The Hall–Kier alpha value is -3.22. The molecule has 2 aromatic heterocycles. The number of nitrogens with one attached hydrogen (secondary N) is 1. The molecule has 1 saturated heterocycles. The summed E-state index contributed by atoms with van der Waals surface area (Å²) in [7, 11) is 0. The number of hydrogen-bond donors (Lipinski definition) is 1. The van der Waals surface area contributed by atoms with Crippen molar-refractivity contribution >= 4 is 11.7 Å². The molecule has 2 aliphatic rings. The van der Waals surface area contributed by atoms with Crippen LogP contribution >= 0.6 is 0 Å². The summed E-state index contributed by atoms with van der Waals surface area (Å²) in [5.74, 6) is 2.82. The monoisotopic (exact) mass is 360 g/mol. The number of amides is 2. The average Bonchev–Trinajstić information content (AvgIpc) is 3.31. The second kappa shape index (κ2) is 6.19. The summed E-state index contributed by atoms with van der Waals surface area (Å²) in [6, 6.07) is 11.8. The first-order chi connectivity index (χ1) is 13.2. The van der Waals surface area contributed by atoms with E-state index >= 15 is 0 Å². The number of urea groups is 1. The fraction of sp³-hybridized carbons (Fsp3) is 0.300. The Morgan fingerprint density at radius 2 is 2.07 bits per heavy atom.